The number of amides is 2. The molecule has 0 spiro atoms. The quantitative estimate of drug-likeness (QED) is 0.387. The lowest BCUT2D eigenvalue weighted by Crippen LogP contribution is -2.53. The molecule has 5 nitrogen and oxygen atoms in total. The lowest BCUT2D eigenvalue weighted by molar-refractivity contribution is -0.143. The number of rotatable bonds is 11. The monoisotopic (exact) mass is 486 g/mol. The van der Waals surface area contributed by atoms with Crippen LogP contribution in [0.15, 0.2) is 72.8 Å². The summed E-state index contributed by atoms with van der Waals surface area (Å²) in [4.78, 5) is 28.9. The Hall–Kier alpha value is -3.60. The Kier molecular flexibility index (Phi) is 9.69. The number of hydrogen-bond acceptors (Lipinski definition) is 3. The van der Waals surface area contributed by atoms with E-state index in [4.69, 9.17) is 4.74 Å². The topological polar surface area (TPSA) is 58.6 Å². The predicted molar refractivity (Wildman–Crippen MR) is 145 cm³/mol. The van der Waals surface area contributed by atoms with E-state index in [-0.39, 0.29) is 24.5 Å². The standard InChI is InChI=1S/C31H38N2O3/c1-6-25(5)32-31(35)29(19-26-10-8-7-9-11-26)33(20-27-14-12-22(2)13-15-27)30(34)21-36-28-17-23(3)16-24(4)18-28/h7-18,25,29H,6,19-21H2,1-5H3,(H,32,35)/t25-,29+/m0/s1. The average Bonchev–Trinajstić information content (AvgIpc) is 2.85. The zero-order valence-corrected chi connectivity index (χ0v) is 22.1. The first-order valence-electron chi connectivity index (χ1n) is 12.7. The van der Waals surface area contributed by atoms with Crippen LogP contribution in [0.25, 0.3) is 0 Å². The maximum atomic E-state index is 13.7. The van der Waals surface area contributed by atoms with Crippen molar-refractivity contribution in [2.45, 2.75) is 66.1 Å². The molecule has 0 saturated carbocycles. The molecule has 0 fully saturated rings. The van der Waals surface area contributed by atoms with Gasteiger partial charge in [-0.15, -0.1) is 0 Å². The Morgan fingerprint density at radius 1 is 0.861 bits per heavy atom. The van der Waals surface area contributed by atoms with Crippen LogP contribution >= 0.6 is 0 Å². The molecule has 36 heavy (non-hydrogen) atoms. The Bertz CT molecular complexity index is 1120. The van der Waals surface area contributed by atoms with Gasteiger partial charge in [-0.2, -0.15) is 0 Å². The summed E-state index contributed by atoms with van der Waals surface area (Å²) >= 11 is 0. The molecule has 0 saturated heterocycles. The highest BCUT2D eigenvalue weighted by Crippen LogP contribution is 2.19. The highest BCUT2D eigenvalue weighted by molar-refractivity contribution is 5.88. The van der Waals surface area contributed by atoms with Crippen LogP contribution in [-0.2, 0) is 22.6 Å². The molecular weight excluding hydrogens is 448 g/mol. The molecule has 2 amide bonds. The first-order chi connectivity index (χ1) is 17.2. The number of hydrogen-bond donors (Lipinski definition) is 1. The summed E-state index contributed by atoms with van der Waals surface area (Å²) in [5.41, 5.74) is 5.26. The van der Waals surface area contributed by atoms with Crippen molar-refractivity contribution in [1.82, 2.24) is 10.2 Å². The average molecular weight is 487 g/mol. The fourth-order valence-corrected chi connectivity index (χ4v) is 4.13. The van der Waals surface area contributed by atoms with Gasteiger partial charge in [-0.05, 0) is 68.5 Å². The lowest BCUT2D eigenvalue weighted by Gasteiger charge is -2.32. The minimum absolute atomic E-state index is 0.0126. The van der Waals surface area contributed by atoms with Crippen LogP contribution in [0.3, 0.4) is 0 Å². The second-order valence-corrected chi connectivity index (χ2v) is 9.64. The second kappa shape index (κ2) is 12.9. The fourth-order valence-electron chi connectivity index (χ4n) is 4.13. The SMILES string of the molecule is CC[C@H](C)NC(=O)[C@@H](Cc1ccccc1)N(Cc1ccc(C)cc1)C(=O)COc1cc(C)cc(C)c1. The van der Waals surface area contributed by atoms with Crippen molar-refractivity contribution in [1.29, 1.82) is 0 Å². The smallest absolute Gasteiger partial charge is 0.261 e. The van der Waals surface area contributed by atoms with Crippen molar-refractivity contribution >= 4 is 11.8 Å². The van der Waals surface area contributed by atoms with Crippen LogP contribution < -0.4 is 10.1 Å². The molecule has 0 aromatic heterocycles. The molecule has 0 aliphatic heterocycles. The van der Waals surface area contributed by atoms with Gasteiger partial charge in [-0.1, -0.05) is 73.2 Å². The second-order valence-electron chi connectivity index (χ2n) is 9.64. The van der Waals surface area contributed by atoms with Gasteiger partial charge in [0.2, 0.25) is 5.91 Å². The van der Waals surface area contributed by atoms with Gasteiger partial charge >= 0.3 is 0 Å². The number of nitrogens with one attached hydrogen (secondary N) is 1. The van der Waals surface area contributed by atoms with Gasteiger partial charge in [0.15, 0.2) is 6.61 Å². The summed E-state index contributed by atoms with van der Waals surface area (Å²) in [6, 6.07) is 23.1. The molecule has 2 atom stereocenters. The van der Waals surface area contributed by atoms with Gasteiger partial charge < -0.3 is 15.0 Å². The molecule has 0 aliphatic rings. The minimum atomic E-state index is -0.668. The molecule has 1 N–H and O–H groups in total. The molecule has 3 rings (SSSR count). The molecule has 0 radical (unpaired) electrons. The first-order valence-corrected chi connectivity index (χ1v) is 12.7. The summed E-state index contributed by atoms with van der Waals surface area (Å²) in [7, 11) is 0. The van der Waals surface area contributed by atoms with Crippen LogP contribution in [-0.4, -0.2) is 35.4 Å². The highest BCUT2D eigenvalue weighted by Gasteiger charge is 2.31. The zero-order chi connectivity index (χ0) is 26.1. The van der Waals surface area contributed by atoms with Crippen molar-refractivity contribution in [3.8, 4) is 5.75 Å². The van der Waals surface area contributed by atoms with E-state index < -0.39 is 6.04 Å². The molecule has 5 heteroatoms. The van der Waals surface area contributed by atoms with E-state index in [1.807, 2.05) is 101 Å². The third-order valence-electron chi connectivity index (χ3n) is 6.30. The maximum absolute atomic E-state index is 13.7. The van der Waals surface area contributed by atoms with Gasteiger partial charge in [0, 0.05) is 19.0 Å². The summed E-state index contributed by atoms with van der Waals surface area (Å²) in [6.07, 6.45) is 1.23. The van der Waals surface area contributed by atoms with Crippen LogP contribution in [0.2, 0.25) is 0 Å². The van der Waals surface area contributed by atoms with Crippen LogP contribution in [0, 0.1) is 20.8 Å². The predicted octanol–water partition coefficient (Wildman–Crippen LogP) is 5.55. The molecular formula is C31H38N2O3. The van der Waals surface area contributed by atoms with E-state index in [0.29, 0.717) is 18.7 Å². The van der Waals surface area contributed by atoms with E-state index in [1.54, 1.807) is 4.90 Å². The molecule has 190 valence electrons. The van der Waals surface area contributed by atoms with E-state index in [9.17, 15) is 9.59 Å². The largest absolute Gasteiger partial charge is 0.484 e. The normalized spacial score (nSPS) is 12.5. The van der Waals surface area contributed by atoms with Crippen LogP contribution in [0.1, 0.15) is 48.1 Å². The Morgan fingerprint density at radius 2 is 1.50 bits per heavy atom. The van der Waals surface area contributed by atoms with Crippen molar-refractivity contribution in [2.24, 2.45) is 0 Å². The van der Waals surface area contributed by atoms with E-state index in [2.05, 4.69) is 11.4 Å². The van der Waals surface area contributed by atoms with Crippen LogP contribution in [0.5, 0.6) is 5.75 Å². The van der Waals surface area contributed by atoms with E-state index in [1.165, 1.54) is 0 Å². The molecule has 0 unspecified atom stereocenters. The first kappa shape index (κ1) is 27.0. The van der Waals surface area contributed by atoms with Gasteiger partial charge in [-0.3, -0.25) is 9.59 Å². The number of carbonyl (C=O) groups is 2. The van der Waals surface area contributed by atoms with Crippen molar-refractivity contribution in [2.75, 3.05) is 6.61 Å². The molecule has 0 bridgehead atoms. The van der Waals surface area contributed by atoms with Crippen LogP contribution in [0.4, 0.5) is 0 Å². The molecule has 0 heterocycles. The fraction of sp³-hybridized carbons (Fsp3) is 0.355. The zero-order valence-electron chi connectivity index (χ0n) is 22.1. The number of benzene rings is 3. The number of nitrogens with zero attached hydrogens (tertiary/aromatic N) is 1. The van der Waals surface area contributed by atoms with Gasteiger partial charge in [-0.25, -0.2) is 0 Å². The minimum Gasteiger partial charge on any atom is -0.484 e. The van der Waals surface area contributed by atoms with Crippen molar-refractivity contribution in [3.63, 3.8) is 0 Å². The highest BCUT2D eigenvalue weighted by atomic mass is 16.5. The number of ether oxygens (including phenoxy) is 1. The third kappa shape index (κ3) is 7.98. The number of carbonyl (C=O) groups excluding carboxylic acids is 2. The Morgan fingerprint density at radius 3 is 2.11 bits per heavy atom. The van der Waals surface area contributed by atoms with Gasteiger partial charge in [0.25, 0.3) is 5.91 Å². The van der Waals surface area contributed by atoms with Crippen molar-refractivity contribution in [3.05, 3.63) is 101 Å². The molecule has 3 aromatic rings. The molecule has 0 aliphatic carbocycles. The summed E-state index contributed by atoms with van der Waals surface area (Å²) in [5, 5.41) is 3.10. The summed E-state index contributed by atoms with van der Waals surface area (Å²) in [5.74, 6) is 0.273. The Balaban J connectivity index is 1.91. The van der Waals surface area contributed by atoms with Crippen molar-refractivity contribution < 1.29 is 14.3 Å². The maximum Gasteiger partial charge on any atom is 0.261 e. The van der Waals surface area contributed by atoms with Gasteiger partial charge in [0.1, 0.15) is 11.8 Å². The summed E-state index contributed by atoms with van der Waals surface area (Å²) < 4.78 is 5.93. The Labute approximate surface area is 215 Å². The lowest BCUT2D eigenvalue weighted by atomic mass is 10.0. The molecule has 3 aromatic carbocycles. The van der Waals surface area contributed by atoms with E-state index >= 15 is 0 Å². The van der Waals surface area contributed by atoms with Gasteiger partial charge in [0.05, 0.1) is 0 Å². The van der Waals surface area contributed by atoms with E-state index in [0.717, 1.165) is 34.2 Å². The summed E-state index contributed by atoms with van der Waals surface area (Å²) in [6.45, 7) is 10.2. The number of aryl methyl sites for hydroxylation is 3. The third-order valence-corrected chi connectivity index (χ3v) is 6.30.